The van der Waals surface area contributed by atoms with E-state index < -0.39 is 0 Å². The summed E-state index contributed by atoms with van der Waals surface area (Å²) >= 11 is 0. The molecule has 0 fully saturated rings. The average molecular weight is 232 g/mol. The molecule has 0 saturated heterocycles. The Morgan fingerprint density at radius 1 is 1.24 bits per heavy atom. The fraction of sp³-hybridized carbons (Fsp3) is 0.615. The minimum absolute atomic E-state index is 0.438. The summed E-state index contributed by atoms with van der Waals surface area (Å²) in [6.45, 7) is 6.27. The molecule has 17 heavy (non-hydrogen) atoms. The van der Waals surface area contributed by atoms with E-state index in [9.17, 15) is 0 Å². The summed E-state index contributed by atoms with van der Waals surface area (Å²) in [5.74, 6) is 0.686. The molecule has 0 aliphatic heterocycles. The molecule has 0 bridgehead atoms. The van der Waals surface area contributed by atoms with E-state index in [2.05, 4.69) is 34.8 Å². The van der Waals surface area contributed by atoms with Gasteiger partial charge in [-0.15, -0.1) is 0 Å². The zero-order valence-corrected chi connectivity index (χ0v) is 10.7. The van der Waals surface area contributed by atoms with Crippen LogP contribution in [0.1, 0.15) is 45.2 Å². The normalized spacial score (nSPS) is 9.94. The number of hydrogen-bond donors (Lipinski definition) is 0. The van der Waals surface area contributed by atoms with Crippen LogP contribution < -0.4 is 4.90 Å². The summed E-state index contributed by atoms with van der Waals surface area (Å²) in [5.41, 5.74) is 0.438. The topological polar surface area (TPSA) is 52.8 Å². The highest BCUT2D eigenvalue weighted by molar-refractivity contribution is 5.33. The lowest BCUT2D eigenvalue weighted by Crippen LogP contribution is -2.27. The molecule has 0 amide bonds. The number of hydrogen-bond acceptors (Lipinski definition) is 4. The molecule has 0 N–H and O–H groups in total. The molecule has 4 heteroatoms. The summed E-state index contributed by atoms with van der Waals surface area (Å²) in [5, 5.41) is 8.84. The predicted octanol–water partition coefficient (Wildman–Crippen LogP) is 2.75. The molecule has 92 valence electrons. The van der Waals surface area contributed by atoms with E-state index in [1.807, 2.05) is 0 Å². The predicted molar refractivity (Wildman–Crippen MR) is 68.8 cm³/mol. The van der Waals surface area contributed by atoms with Crippen molar-refractivity contribution in [3.8, 4) is 6.07 Å². The van der Waals surface area contributed by atoms with Crippen molar-refractivity contribution in [1.82, 2.24) is 9.97 Å². The molecule has 0 saturated carbocycles. The van der Waals surface area contributed by atoms with Crippen LogP contribution >= 0.6 is 0 Å². The fourth-order valence-corrected chi connectivity index (χ4v) is 1.57. The maximum atomic E-state index is 8.84. The first-order valence-electron chi connectivity index (χ1n) is 6.29. The molecule has 1 aromatic heterocycles. The van der Waals surface area contributed by atoms with Crippen molar-refractivity contribution >= 4 is 5.95 Å². The first-order chi connectivity index (χ1) is 8.31. The van der Waals surface area contributed by atoms with Crippen LogP contribution in [0.3, 0.4) is 0 Å². The first kappa shape index (κ1) is 13.4. The highest BCUT2D eigenvalue weighted by Crippen LogP contribution is 2.10. The Bertz CT molecular complexity index is 362. The zero-order chi connectivity index (χ0) is 12.5. The van der Waals surface area contributed by atoms with Crippen LogP contribution in [0.25, 0.3) is 0 Å². The van der Waals surface area contributed by atoms with Crippen LogP contribution in [-0.2, 0) is 0 Å². The molecule has 1 rings (SSSR count). The summed E-state index contributed by atoms with van der Waals surface area (Å²) in [4.78, 5) is 10.7. The lowest BCUT2D eigenvalue weighted by molar-refractivity contribution is 0.662. The van der Waals surface area contributed by atoms with Gasteiger partial charge in [-0.1, -0.05) is 26.7 Å². The molecular formula is C13H20N4. The van der Waals surface area contributed by atoms with Gasteiger partial charge in [-0.2, -0.15) is 5.26 Å². The van der Waals surface area contributed by atoms with Gasteiger partial charge in [-0.05, 0) is 18.9 Å². The molecule has 4 nitrogen and oxygen atoms in total. The summed E-state index contributed by atoms with van der Waals surface area (Å²) in [7, 11) is 0. The number of rotatable bonds is 7. The van der Waals surface area contributed by atoms with Crippen molar-refractivity contribution in [1.29, 1.82) is 5.26 Å². The lowest BCUT2D eigenvalue weighted by atomic mass is 10.3. The molecule has 0 atom stereocenters. The van der Waals surface area contributed by atoms with Crippen LogP contribution in [-0.4, -0.2) is 23.1 Å². The van der Waals surface area contributed by atoms with Gasteiger partial charge >= 0.3 is 0 Å². The van der Waals surface area contributed by atoms with E-state index in [-0.39, 0.29) is 0 Å². The van der Waals surface area contributed by atoms with Crippen LogP contribution in [0.4, 0.5) is 5.95 Å². The third kappa shape index (κ3) is 4.39. The standard InChI is InChI=1S/C13H20N4/c1-3-5-9-17(10-6-4-2)13-15-8-7-12(11-14)16-13/h7-8H,3-6,9-10H2,1-2H3. The quantitative estimate of drug-likeness (QED) is 0.725. The zero-order valence-electron chi connectivity index (χ0n) is 10.7. The van der Waals surface area contributed by atoms with Gasteiger partial charge in [0.1, 0.15) is 11.8 Å². The van der Waals surface area contributed by atoms with Gasteiger partial charge in [0, 0.05) is 19.3 Å². The second kappa shape index (κ2) is 7.61. The minimum atomic E-state index is 0.438. The second-order valence-corrected chi connectivity index (χ2v) is 4.05. The molecule has 0 aliphatic rings. The highest BCUT2D eigenvalue weighted by atomic mass is 15.2. The van der Waals surface area contributed by atoms with E-state index in [4.69, 9.17) is 5.26 Å². The monoisotopic (exact) mass is 232 g/mol. The van der Waals surface area contributed by atoms with Crippen LogP contribution in [0.15, 0.2) is 12.3 Å². The SMILES string of the molecule is CCCCN(CCCC)c1nccc(C#N)n1. The lowest BCUT2D eigenvalue weighted by Gasteiger charge is -2.22. The van der Waals surface area contributed by atoms with Gasteiger partial charge in [0.05, 0.1) is 0 Å². The molecular weight excluding hydrogens is 212 g/mol. The number of unbranched alkanes of at least 4 members (excludes halogenated alkanes) is 2. The molecule has 0 unspecified atom stereocenters. The number of aromatic nitrogens is 2. The summed E-state index contributed by atoms with van der Waals surface area (Å²) in [6.07, 6.45) is 6.22. The van der Waals surface area contributed by atoms with E-state index >= 15 is 0 Å². The Kier molecular flexibility index (Phi) is 6.02. The summed E-state index contributed by atoms with van der Waals surface area (Å²) in [6, 6.07) is 3.70. The van der Waals surface area contributed by atoms with Gasteiger partial charge in [0.2, 0.25) is 5.95 Å². The van der Waals surface area contributed by atoms with Gasteiger partial charge in [-0.25, -0.2) is 9.97 Å². The number of anilines is 1. The third-order valence-electron chi connectivity index (χ3n) is 2.60. The smallest absolute Gasteiger partial charge is 0.226 e. The van der Waals surface area contributed by atoms with Gasteiger partial charge < -0.3 is 4.90 Å². The Morgan fingerprint density at radius 3 is 2.41 bits per heavy atom. The minimum Gasteiger partial charge on any atom is -0.341 e. The largest absolute Gasteiger partial charge is 0.341 e. The Labute approximate surface area is 103 Å². The highest BCUT2D eigenvalue weighted by Gasteiger charge is 2.08. The van der Waals surface area contributed by atoms with Crippen molar-refractivity contribution in [3.05, 3.63) is 18.0 Å². The van der Waals surface area contributed by atoms with Crippen LogP contribution in [0.2, 0.25) is 0 Å². The average Bonchev–Trinajstić information content (AvgIpc) is 2.39. The van der Waals surface area contributed by atoms with Crippen molar-refractivity contribution in [2.24, 2.45) is 0 Å². The van der Waals surface area contributed by atoms with Crippen molar-refractivity contribution in [3.63, 3.8) is 0 Å². The molecule has 0 spiro atoms. The Balaban J connectivity index is 2.75. The van der Waals surface area contributed by atoms with Gasteiger partial charge in [-0.3, -0.25) is 0 Å². The molecule has 0 aromatic carbocycles. The Hall–Kier alpha value is -1.63. The molecule has 0 radical (unpaired) electrons. The second-order valence-electron chi connectivity index (χ2n) is 4.05. The number of nitrogens with zero attached hydrogens (tertiary/aromatic N) is 4. The third-order valence-corrected chi connectivity index (χ3v) is 2.60. The molecule has 1 heterocycles. The van der Waals surface area contributed by atoms with Crippen molar-refractivity contribution in [2.75, 3.05) is 18.0 Å². The van der Waals surface area contributed by atoms with Crippen molar-refractivity contribution < 1.29 is 0 Å². The maximum absolute atomic E-state index is 8.84. The molecule has 1 aromatic rings. The van der Waals surface area contributed by atoms with Crippen LogP contribution in [0, 0.1) is 11.3 Å². The van der Waals surface area contributed by atoms with E-state index in [1.54, 1.807) is 12.3 Å². The molecule has 0 aliphatic carbocycles. The van der Waals surface area contributed by atoms with E-state index in [0.29, 0.717) is 11.6 Å². The van der Waals surface area contributed by atoms with E-state index in [0.717, 1.165) is 38.8 Å². The van der Waals surface area contributed by atoms with Gasteiger partial charge in [0.25, 0.3) is 0 Å². The maximum Gasteiger partial charge on any atom is 0.226 e. The van der Waals surface area contributed by atoms with E-state index in [1.165, 1.54) is 0 Å². The van der Waals surface area contributed by atoms with Crippen LogP contribution in [0.5, 0.6) is 0 Å². The van der Waals surface area contributed by atoms with Crippen molar-refractivity contribution in [2.45, 2.75) is 39.5 Å². The number of nitriles is 1. The Morgan fingerprint density at radius 2 is 1.88 bits per heavy atom. The fourth-order valence-electron chi connectivity index (χ4n) is 1.57. The first-order valence-corrected chi connectivity index (χ1v) is 6.29. The summed E-state index contributed by atoms with van der Waals surface area (Å²) < 4.78 is 0. The van der Waals surface area contributed by atoms with Gasteiger partial charge in [0.15, 0.2) is 0 Å².